The topological polar surface area (TPSA) is 69.0 Å². The van der Waals surface area contributed by atoms with Gasteiger partial charge in [-0.3, -0.25) is 9.36 Å². The van der Waals surface area contributed by atoms with E-state index in [1.54, 1.807) is 19.4 Å². The molecule has 1 aromatic carbocycles. The molecule has 0 aliphatic carbocycles. The van der Waals surface area contributed by atoms with E-state index in [0.717, 1.165) is 29.1 Å². The van der Waals surface area contributed by atoms with E-state index in [-0.39, 0.29) is 5.91 Å². The Morgan fingerprint density at radius 1 is 1.29 bits per heavy atom. The summed E-state index contributed by atoms with van der Waals surface area (Å²) in [4.78, 5) is 21.2. The summed E-state index contributed by atoms with van der Waals surface area (Å²) in [6, 6.07) is 11.3. The number of fused-ring (bicyclic) bond motifs is 1. The number of nitrogens with zero attached hydrogens (tertiary/aromatic N) is 3. The van der Waals surface area contributed by atoms with Gasteiger partial charge in [-0.25, -0.2) is 9.97 Å². The number of hydrogen-bond donors (Lipinski definition) is 1. The lowest BCUT2D eigenvalue weighted by Crippen LogP contribution is -2.25. The van der Waals surface area contributed by atoms with E-state index < -0.39 is 0 Å². The van der Waals surface area contributed by atoms with Crippen LogP contribution in [-0.2, 0) is 4.74 Å². The van der Waals surface area contributed by atoms with Crippen LogP contribution in [0.2, 0.25) is 0 Å². The maximum absolute atomic E-state index is 12.3. The number of imidazole rings is 1. The van der Waals surface area contributed by atoms with Crippen LogP contribution in [0, 0.1) is 6.92 Å². The molecule has 24 heavy (non-hydrogen) atoms. The first-order valence-electron chi connectivity index (χ1n) is 7.88. The predicted molar refractivity (Wildman–Crippen MR) is 92.4 cm³/mol. The molecule has 2 heterocycles. The zero-order valence-corrected chi connectivity index (χ0v) is 13.8. The lowest BCUT2D eigenvalue weighted by atomic mass is 10.2. The Balaban J connectivity index is 1.87. The monoisotopic (exact) mass is 324 g/mol. The van der Waals surface area contributed by atoms with Gasteiger partial charge in [-0.1, -0.05) is 6.07 Å². The number of nitrogens with one attached hydrogen (secondary N) is 1. The molecule has 0 aliphatic rings. The van der Waals surface area contributed by atoms with Crippen molar-refractivity contribution in [3.8, 4) is 5.69 Å². The van der Waals surface area contributed by atoms with Crippen LogP contribution in [0.1, 0.15) is 22.6 Å². The van der Waals surface area contributed by atoms with Gasteiger partial charge >= 0.3 is 0 Å². The second-order valence-corrected chi connectivity index (χ2v) is 5.49. The Morgan fingerprint density at radius 3 is 3.00 bits per heavy atom. The van der Waals surface area contributed by atoms with Gasteiger partial charge in [0.25, 0.3) is 5.91 Å². The Kier molecular flexibility index (Phi) is 4.86. The Bertz CT molecular complexity index is 857. The molecule has 0 bridgehead atoms. The van der Waals surface area contributed by atoms with Crippen molar-refractivity contribution in [3.63, 3.8) is 0 Å². The Labute approximate surface area is 140 Å². The van der Waals surface area contributed by atoms with Gasteiger partial charge in [0.05, 0.1) is 0 Å². The fraction of sp³-hybridized carbons (Fsp3) is 0.278. The third kappa shape index (κ3) is 3.28. The summed E-state index contributed by atoms with van der Waals surface area (Å²) in [5.41, 5.74) is 3.11. The summed E-state index contributed by atoms with van der Waals surface area (Å²) in [6.45, 7) is 3.15. The second kappa shape index (κ2) is 7.23. The molecule has 0 fully saturated rings. The molecule has 2 aromatic heterocycles. The number of amides is 1. The lowest BCUT2D eigenvalue weighted by molar-refractivity contribution is 0.0948. The zero-order chi connectivity index (χ0) is 16.9. The van der Waals surface area contributed by atoms with E-state index >= 15 is 0 Å². The SMILES string of the molecule is COCCCNC(=O)c1cccc(-n2c(C)nc3cccnc32)c1. The molecule has 0 saturated carbocycles. The van der Waals surface area contributed by atoms with Crippen LogP contribution in [0.4, 0.5) is 0 Å². The van der Waals surface area contributed by atoms with Crippen molar-refractivity contribution < 1.29 is 9.53 Å². The largest absolute Gasteiger partial charge is 0.385 e. The van der Waals surface area contributed by atoms with E-state index in [0.29, 0.717) is 18.7 Å². The minimum absolute atomic E-state index is 0.0945. The van der Waals surface area contributed by atoms with Crippen molar-refractivity contribution in [3.05, 3.63) is 54.0 Å². The van der Waals surface area contributed by atoms with Crippen LogP contribution in [0.15, 0.2) is 42.6 Å². The summed E-state index contributed by atoms with van der Waals surface area (Å²) in [7, 11) is 1.65. The molecule has 3 rings (SSSR count). The summed E-state index contributed by atoms with van der Waals surface area (Å²) in [5, 5.41) is 2.90. The number of carbonyl (C=O) groups is 1. The van der Waals surface area contributed by atoms with E-state index in [9.17, 15) is 4.79 Å². The highest BCUT2D eigenvalue weighted by Gasteiger charge is 2.12. The van der Waals surface area contributed by atoms with Gasteiger partial charge in [0.15, 0.2) is 5.65 Å². The highest BCUT2D eigenvalue weighted by atomic mass is 16.5. The van der Waals surface area contributed by atoms with Crippen molar-refractivity contribution in [2.24, 2.45) is 0 Å². The number of carbonyl (C=O) groups excluding carboxylic acids is 1. The highest BCUT2D eigenvalue weighted by Crippen LogP contribution is 2.20. The van der Waals surface area contributed by atoms with Crippen LogP contribution in [-0.4, -0.2) is 40.7 Å². The molecular formula is C18H20N4O2. The van der Waals surface area contributed by atoms with Gasteiger partial charge in [-0.15, -0.1) is 0 Å². The molecule has 124 valence electrons. The first kappa shape index (κ1) is 16.1. The summed E-state index contributed by atoms with van der Waals surface area (Å²) in [6.07, 6.45) is 2.53. The predicted octanol–water partition coefficient (Wildman–Crippen LogP) is 2.50. The highest BCUT2D eigenvalue weighted by molar-refractivity contribution is 5.94. The average molecular weight is 324 g/mol. The summed E-state index contributed by atoms with van der Waals surface area (Å²) < 4.78 is 6.94. The van der Waals surface area contributed by atoms with Gasteiger partial charge in [-0.2, -0.15) is 0 Å². The van der Waals surface area contributed by atoms with Crippen molar-refractivity contribution in [2.45, 2.75) is 13.3 Å². The summed E-state index contributed by atoms with van der Waals surface area (Å²) in [5.74, 6) is 0.740. The fourth-order valence-electron chi connectivity index (χ4n) is 2.64. The molecule has 0 saturated heterocycles. The second-order valence-electron chi connectivity index (χ2n) is 5.49. The maximum atomic E-state index is 12.3. The molecule has 0 radical (unpaired) electrons. The standard InChI is InChI=1S/C18H20N4O2/c1-13-21-16-8-4-9-19-17(16)22(13)15-7-3-6-14(12-15)18(23)20-10-5-11-24-2/h3-4,6-9,12H,5,10-11H2,1-2H3,(H,20,23). The van der Waals surface area contributed by atoms with Crippen molar-refractivity contribution in [1.82, 2.24) is 19.9 Å². The minimum atomic E-state index is -0.0945. The Morgan fingerprint density at radius 2 is 2.17 bits per heavy atom. The number of aromatic nitrogens is 3. The molecule has 0 aliphatic heterocycles. The number of methoxy groups -OCH3 is 1. The zero-order valence-electron chi connectivity index (χ0n) is 13.8. The van der Waals surface area contributed by atoms with E-state index in [2.05, 4.69) is 15.3 Å². The van der Waals surface area contributed by atoms with Crippen molar-refractivity contribution in [1.29, 1.82) is 0 Å². The number of pyridine rings is 1. The van der Waals surface area contributed by atoms with Crippen molar-refractivity contribution in [2.75, 3.05) is 20.3 Å². The minimum Gasteiger partial charge on any atom is -0.385 e. The molecule has 0 spiro atoms. The molecular weight excluding hydrogens is 304 g/mol. The quantitative estimate of drug-likeness (QED) is 0.707. The first-order chi connectivity index (χ1) is 11.7. The number of hydrogen-bond acceptors (Lipinski definition) is 4. The third-order valence-corrected chi connectivity index (χ3v) is 3.76. The molecule has 1 amide bonds. The molecule has 0 unspecified atom stereocenters. The normalized spacial score (nSPS) is 10.9. The lowest BCUT2D eigenvalue weighted by Gasteiger charge is -2.09. The van der Waals surface area contributed by atoms with Crippen molar-refractivity contribution >= 4 is 17.1 Å². The van der Waals surface area contributed by atoms with Gasteiger partial charge in [0.1, 0.15) is 11.3 Å². The van der Waals surface area contributed by atoms with Crippen LogP contribution in [0.5, 0.6) is 0 Å². The van der Waals surface area contributed by atoms with E-state index in [4.69, 9.17) is 4.74 Å². The van der Waals surface area contributed by atoms with Crippen LogP contribution < -0.4 is 5.32 Å². The smallest absolute Gasteiger partial charge is 0.251 e. The van der Waals surface area contributed by atoms with Crippen LogP contribution in [0.3, 0.4) is 0 Å². The Hall–Kier alpha value is -2.73. The number of benzene rings is 1. The maximum Gasteiger partial charge on any atom is 0.251 e. The third-order valence-electron chi connectivity index (χ3n) is 3.76. The molecule has 1 N–H and O–H groups in total. The number of rotatable bonds is 6. The average Bonchev–Trinajstić information content (AvgIpc) is 2.94. The molecule has 6 heteroatoms. The van der Waals surface area contributed by atoms with Gasteiger partial charge in [0, 0.05) is 37.7 Å². The van der Waals surface area contributed by atoms with Gasteiger partial charge < -0.3 is 10.1 Å². The molecule has 6 nitrogen and oxygen atoms in total. The number of aryl methyl sites for hydroxylation is 1. The molecule has 3 aromatic rings. The fourth-order valence-corrected chi connectivity index (χ4v) is 2.64. The van der Waals surface area contributed by atoms with Crippen LogP contribution >= 0.6 is 0 Å². The first-order valence-corrected chi connectivity index (χ1v) is 7.88. The summed E-state index contributed by atoms with van der Waals surface area (Å²) >= 11 is 0. The van der Waals surface area contributed by atoms with E-state index in [1.807, 2.05) is 41.8 Å². The van der Waals surface area contributed by atoms with Gasteiger partial charge in [0.2, 0.25) is 0 Å². The van der Waals surface area contributed by atoms with E-state index in [1.165, 1.54) is 0 Å². The molecule has 0 atom stereocenters. The number of ether oxygens (including phenoxy) is 1. The van der Waals surface area contributed by atoms with Crippen LogP contribution in [0.25, 0.3) is 16.9 Å². The van der Waals surface area contributed by atoms with Gasteiger partial charge in [-0.05, 0) is 43.7 Å².